The third-order valence-corrected chi connectivity index (χ3v) is 3.78. The maximum Gasteiger partial charge on any atom is 0.161 e. The van der Waals surface area contributed by atoms with Gasteiger partial charge in [0, 0.05) is 6.54 Å². The molecule has 1 fully saturated rings. The van der Waals surface area contributed by atoms with Crippen LogP contribution in [0, 0.1) is 0 Å². The molecule has 0 radical (unpaired) electrons. The van der Waals surface area contributed by atoms with Gasteiger partial charge in [-0.3, -0.25) is 4.90 Å². The molecule has 0 aromatic heterocycles. The number of rotatable bonds is 6. The predicted octanol–water partition coefficient (Wildman–Crippen LogP) is 2.61. The monoisotopic (exact) mass is 279 g/mol. The Morgan fingerprint density at radius 2 is 1.95 bits per heavy atom. The first kappa shape index (κ1) is 15.1. The molecule has 112 valence electrons. The molecular weight excluding hydrogens is 254 g/mol. The fourth-order valence-corrected chi connectivity index (χ4v) is 2.53. The summed E-state index contributed by atoms with van der Waals surface area (Å²) in [5, 5.41) is 9.58. The van der Waals surface area contributed by atoms with Crippen LogP contribution >= 0.6 is 0 Å². The first-order valence-electron chi connectivity index (χ1n) is 7.42. The molecule has 0 aliphatic carbocycles. The van der Waals surface area contributed by atoms with Crippen molar-refractivity contribution >= 4 is 0 Å². The highest BCUT2D eigenvalue weighted by atomic mass is 16.5. The predicted molar refractivity (Wildman–Crippen MR) is 79.4 cm³/mol. The van der Waals surface area contributed by atoms with E-state index in [1.165, 1.54) is 32.4 Å². The van der Waals surface area contributed by atoms with E-state index in [0.29, 0.717) is 12.4 Å². The van der Waals surface area contributed by atoms with Crippen molar-refractivity contribution < 1.29 is 14.6 Å². The summed E-state index contributed by atoms with van der Waals surface area (Å²) in [4.78, 5) is 2.44. The largest absolute Gasteiger partial charge is 0.493 e. The van der Waals surface area contributed by atoms with Crippen molar-refractivity contribution in [2.45, 2.75) is 32.3 Å². The van der Waals surface area contributed by atoms with Crippen LogP contribution in [0.2, 0.25) is 0 Å². The average molecular weight is 279 g/mol. The Balaban J connectivity index is 1.88. The molecule has 0 amide bonds. The highest BCUT2D eigenvalue weighted by Crippen LogP contribution is 2.30. The molecule has 4 nitrogen and oxygen atoms in total. The number of nitrogens with zero attached hydrogens (tertiary/aromatic N) is 1. The average Bonchev–Trinajstić information content (AvgIpc) is 2.48. The zero-order chi connectivity index (χ0) is 14.4. The van der Waals surface area contributed by atoms with Gasteiger partial charge in [-0.05, 0) is 50.6 Å². The molecule has 0 bridgehead atoms. The molecule has 1 aromatic carbocycles. The number of benzene rings is 1. The van der Waals surface area contributed by atoms with Crippen LogP contribution in [0.5, 0.6) is 11.5 Å². The van der Waals surface area contributed by atoms with Gasteiger partial charge >= 0.3 is 0 Å². The number of aliphatic hydroxyl groups is 1. The summed E-state index contributed by atoms with van der Waals surface area (Å²) in [6.07, 6.45) is 3.46. The van der Waals surface area contributed by atoms with Gasteiger partial charge in [-0.15, -0.1) is 0 Å². The summed E-state index contributed by atoms with van der Waals surface area (Å²) in [5.74, 6) is 1.43. The number of hydrogen-bond acceptors (Lipinski definition) is 4. The molecule has 1 aliphatic rings. The summed E-state index contributed by atoms with van der Waals surface area (Å²) in [7, 11) is 1.62. The summed E-state index contributed by atoms with van der Waals surface area (Å²) < 4.78 is 11.1. The van der Waals surface area contributed by atoms with Crippen LogP contribution in [0.1, 0.15) is 37.9 Å². The number of aliphatic hydroxyl groups excluding tert-OH is 1. The van der Waals surface area contributed by atoms with Crippen molar-refractivity contribution in [2.75, 3.05) is 33.4 Å². The van der Waals surface area contributed by atoms with Gasteiger partial charge in [-0.2, -0.15) is 0 Å². The third kappa shape index (κ3) is 4.12. The lowest BCUT2D eigenvalue weighted by atomic mass is 10.1. The molecular formula is C16H25NO3. The fraction of sp³-hybridized carbons (Fsp3) is 0.625. The van der Waals surface area contributed by atoms with Gasteiger partial charge in [0.05, 0.1) is 13.2 Å². The van der Waals surface area contributed by atoms with E-state index in [9.17, 15) is 5.11 Å². The van der Waals surface area contributed by atoms with E-state index in [-0.39, 0.29) is 0 Å². The summed E-state index contributed by atoms with van der Waals surface area (Å²) in [5.41, 5.74) is 0.838. The van der Waals surface area contributed by atoms with Crippen molar-refractivity contribution in [1.29, 1.82) is 0 Å². The Hall–Kier alpha value is -1.26. The van der Waals surface area contributed by atoms with Crippen LogP contribution < -0.4 is 9.47 Å². The van der Waals surface area contributed by atoms with Gasteiger partial charge < -0.3 is 14.6 Å². The number of likely N-dealkylation sites (tertiary alicyclic amines) is 1. The van der Waals surface area contributed by atoms with Crippen molar-refractivity contribution in [2.24, 2.45) is 0 Å². The second-order valence-electron chi connectivity index (χ2n) is 5.34. The molecule has 4 heteroatoms. The zero-order valence-corrected chi connectivity index (χ0v) is 12.5. The van der Waals surface area contributed by atoms with Crippen LogP contribution in [0.4, 0.5) is 0 Å². The van der Waals surface area contributed by atoms with Crippen LogP contribution in [0.3, 0.4) is 0 Å². The molecule has 1 unspecified atom stereocenters. The minimum absolute atomic E-state index is 0.494. The van der Waals surface area contributed by atoms with Crippen molar-refractivity contribution in [1.82, 2.24) is 4.90 Å². The standard InChI is InChI=1S/C16H25NO3/c1-13(18)14-6-7-15(16(12-14)19-2)20-11-10-17-8-4-3-5-9-17/h6-7,12-13,18H,3-5,8-11H2,1-2H3. The second kappa shape index (κ2) is 7.50. The number of piperidine rings is 1. The smallest absolute Gasteiger partial charge is 0.161 e. The van der Waals surface area contributed by atoms with E-state index in [2.05, 4.69) is 4.90 Å². The van der Waals surface area contributed by atoms with E-state index in [1.54, 1.807) is 14.0 Å². The number of methoxy groups -OCH3 is 1. The van der Waals surface area contributed by atoms with E-state index in [4.69, 9.17) is 9.47 Å². The normalized spacial score (nSPS) is 17.8. The Labute approximate surface area is 121 Å². The molecule has 1 N–H and O–H groups in total. The number of ether oxygens (including phenoxy) is 2. The maximum absolute atomic E-state index is 9.58. The lowest BCUT2D eigenvalue weighted by Crippen LogP contribution is -2.33. The van der Waals surface area contributed by atoms with Crippen molar-refractivity contribution in [3.63, 3.8) is 0 Å². The van der Waals surface area contributed by atoms with Gasteiger partial charge in [0.1, 0.15) is 6.61 Å². The summed E-state index contributed by atoms with van der Waals surface area (Å²) >= 11 is 0. The molecule has 0 spiro atoms. The van der Waals surface area contributed by atoms with Gasteiger partial charge in [0.2, 0.25) is 0 Å². The van der Waals surface area contributed by atoms with Crippen LogP contribution in [0.15, 0.2) is 18.2 Å². The third-order valence-electron chi connectivity index (χ3n) is 3.78. The topological polar surface area (TPSA) is 41.9 Å². The maximum atomic E-state index is 9.58. The lowest BCUT2D eigenvalue weighted by molar-refractivity contribution is 0.180. The molecule has 1 aromatic rings. The first-order valence-corrected chi connectivity index (χ1v) is 7.42. The highest BCUT2D eigenvalue weighted by molar-refractivity contribution is 5.43. The SMILES string of the molecule is COc1cc(C(C)O)ccc1OCCN1CCCCC1. The molecule has 20 heavy (non-hydrogen) atoms. The summed E-state index contributed by atoms with van der Waals surface area (Å²) in [6, 6.07) is 5.58. The Morgan fingerprint density at radius 3 is 2.60 bits per heavy atom. The highest BCUT2D eigenvalue weighted by Gasteiger charge is 2.11. The zero-order valence-electron chi connectivity index (χ0n) is 12.5. The summed E-state index contributed by atoms with van der Waals surface area (Å²) in [6.45, 7) is 5.74. The molecule has 1 saturated heterocycles. The minimum atomic E-state index is -0.494. The first-order chi connectivity index (χ1) is 9.70. The Morgan fingerprint density at radius 1 is 1.20 bits per heavy atom. The fourth-order valence-electron chi connectivity index (χ4n) is 2.53. The quantitative estimate of drug-likeness (QED) is 0.869. The second-order valence-corrected chi connectivity index (χ2v) is 5.34. The Kier molecular flexibility index (Phi) is 5.68. The molecule has 0 saturated carbocycles. The number of hydrogen-bond donors (Lipinski definition) is 1. The van der Waals surface area contributed by atoms with E-state index in [0.717, 1.165) is 17.9 Å². The molecule has 2 rings (SSSR count). The van der Waals surface area contributed by atoms with E-state index >= 15 is 0 Å². The van der Waals surface area contributed by atoms with E-state index < -0.39 is 6.10 Å². The lowest BCUT2D eigenvalue weighted by Gasteiger charge is -2.26. The molecule has 1 atom stereocenters. The van der Waals surface area contributed by atoms with Crippen LogP contribution in [-0.4, -0.2) is 43.4 Å². The van der Waals surface area contributed by atoms with Gasteiger partial charge in [-0.25, -0.2) is 0 Å². The van der Waals surface area contributed by atoms with Crippen LogP contribution in [-0.2, 0) is 0 Å². The molecule has 1 heterocycles. The van der Waals surface area contributed by atoms with Gasteiger partial charge in [0.25, 0.3) is 0 Å². The Bertz CT molecular complexity index is 414. The van der Waals surface area contributed by atoms with E-state index in [1.807, 2.05) is 18.2 Å². The van der Waals surface area contributed by atoms with Crippen molar-refractivity contribution in [3.8, 4) is 11.5 Å². The molecule has 1 aliphatic heterocycles. The van der Waals surface area contributed by atoms with Gasteiger partial charge in [0.15, 0.2) is 11.5 Å². The van der Waals surface area contributed by atoms with Crippen molar-refractivity contribution in [3.05, 3.63) is 23.8 Å². The van der Waals surface area contributed by atoms with Gasteiger partial charge in [-0.1, -0.05) is 12.5 Å². The minimum Gasteiger partial charge on any atom is -0.493 e. The van der Waals surface area contributed by atoms with Crippen LogP contribution in [0.25, 0.3) is 0 Å².